The SMILES string of the molecule is CCOc1cc(Cl)c(CNCCc2ccc(F)cc2)cc1OC. The van der Waals surface area contributed by atoms with E-state index in [2.05, 4.69) is 5.32 Å². The monoisotopic (exact) mass is 337 g/mol. The van der Waals surface area contributed by atoms with Gasteiger partial charge in [-0.25, -0.2) is 4.39 Å². The highest BCUT2D eigenvalue weighted by Gasteiger charge is 2.10. The lowest BCUT2D eigenvalue weighted by Crippen LogP contribution is -2.17. The van der Waals surface area contributed by atoms with Crippen LogP contribution in [0, 0.1) is 5.82 Å². The standard InChI is InChI=1S/C18H21ClFNO2/c1-3-23-18-11-16(19)14(10-17(18)22-2)12-21-9-8-13-4-6-15(20)7-5-13/h4-7,10-11,21H,3,8-9,12H2,1-2H3. The van der Waals surface area contributed by atoms with E-state index in [0.717, 1.165) is 24.1 Å². The molecule has 0 aromatic heterocycles. The molecular formula is C18H21ClFNO2. The van der Waals surface area contributed by atoms with Crippen LogP contribution in [0.15, 0.2) is 36.4 Å². The van der Waals surface area contributed by atoms with Gasteiger partial charge in [0.2, 0.25) is 0 Å². The second-order valence-corrected chi connectivity index (χ2v) is 5.49. The number of rotatable bonds is 8. The lowest BCUT2D eigenvalue weighted by molar-refractivity contribution is 0.310. The van der Waals surface area contributed by atoms with Crippen molar-refractivity contribution >= 4 is 11.6 Å². The van der Waals surface area contributed by atoms with E-state index in [0.29, 0.717) is 29.7 Å². The van der Waals surface area contributed by atoms with Gasteiger partial charge >= 0.3 is 0 Å². The van der Waals surface area contributed by atoms with Gasteiger partial charge in [0, 0.05) is 17.6 Å². The van der Waals surface area contributed by atoms with Gasteiger partial charge in [0.25, 0.3) is 0 Å². The molecule has 0 atom stereocenters. The van der Waals surface area contributed by atoms with Gasteiger partial charge in [-0.05, 0) is 49.2 Å². The molecule has 0 unspecified atom stereocenters. The summed E-state index contributed by atoms with van der Waals surface area (Å²) >= 11 is 6.29. The first kappa shape index (κ1) is 17.6. The maximum atomic E-state index is 12.8. The zero-order chi connectivity index (χ0) is 16.7. The summed E-state index contributed by atoms with van der Waals surface area (Å²) in [6.45, 7) is 3.88. The summed E-state index contributed by atoms with van der Waals surface area (Å²) in [6.07, 6.45) is 0.825. The van der Waals surface area contributed by atoms with Crippen LogP contribution < -0.4 is 14.8 Å². The number of nitrogens with one attached hydrogen (secondary N) is 1. The van der Waals surface area contributed by atoms with Gasteiger partial charge in [-0.1, -0.05) is 23.7 Å². The molecular weight excluding hydrogens is 317 g/mol. The summed E-state index contributed by atoms with van der Waals surface area (Å²) in [5.41, 5.74) is 2.04. The van der Waals surface area contributed by atoms with Crippen molar-refractivity contribution in [2.24, 2.45) is 0 Å². The Morgan fingerprint density at radius 1 is 1.13 bits per heavy atom. The van der Waals surface area contributed by atoms with Crippen molar-refractivity contribution in [2.75, 3.05) is 20.3 Å². The second-order valence-electron chi connectivity index (χ2n) is 5.08. The summed E-state index contributed by atoms with van der Waals surface area (Å²) in [5, 5.41) is 3.98. The van der Waals surface area contributed by atoms with Crippen LogP contribution in [0.25, 0.3) is 0 Å². The first-order valence-electron chi connectivity index (χ1n) is 7.58. The number of hydrogen-bond donors (Lipinski definition) is 1. The first-order valence-corrected chi connectivity index (χ1v) is 7.96. The quantitative estimate of drug-likeness (QED) is 0.732. The molecule has 3 nitrogen and oxygen atoms in total. The number of methoxy groups -OCH3 is 1. The van der Waals surface area contributed by atoms with Crippen LogP contribution in [-0.4, -0.2) is 20.3 Å². The fourth-order valence-corrected chi connectivity index (χ4v) is 2.47. The summed E-state index contributed by atoms with van der Waals surface area (Å²) < 4.78 is 23.7. The Labute approximate surface area is 141 Å². The van der Waals surface area contributed by atoms with Crippen LogP contribution in [0.4, 0.5) is 4.39 Å². The smallest absolute Gasteiger partial charge is 0.162 e. The average Bonchev–Trinajstić information content (AvgIpc) is 2.55. The number of halogens is 2. The molecule has 0 amide bonds. The molecule has 2 aromatic rings. The van der Waals surface area contributed by atoms with E-state index in [1.807, 2.05) is 13.0 Å². The molecule has 0 heterocycles. The Bertz CT molecular complexity index is 632. The van der Waals surface area contributed by atoms with E-state index in [1.54, 1.807) is 25.3 Å². The molecule has 0 aliphatic carbocycles. The van der Waals surface area contributed by atoms with Crippen LogP contribution >= 0.6 is 11.6 Å². The minimum atomic E-state index is -0.213. The van der Waals surface area contributed by atoms with Crippen LogP contribution in [0.3, 0.4) is 0 Å². The van der Waals surface area contributed by atoms with Crippen LogP contribution in [0.5, 0.6) is 11.5 Å². The third-order valence-electron chi connectivity index (χ3n) is 3.45. The van der Waals surface area contributed by atoms with E-state index in [4.69, 9.17) is 21.1 Å². The largest absolute Gasteiger partial charge is 0.493 e. The van der Waals surface area contributed by atoms with Crippen molar-refractivity contribution in [1.29, 1.82) is 0 Å². The molecule has 0 aliphatic heterocycles. The number of benzene rings is 2. The Kier molecular flexibility index (Phi) is 6.68. The normalized spacial score (nSPS) is 10.6. The van der Waals surface area contributed by atoms with Crippen LogP contribution in [0.1, 0.15) is 18.1 Å². The number of ether oxygens (including phenoxy) is 2. The summed E-state index contributed by atoms with van der Waals surface area (Å²) in [7, 11) is 1.61. The van der Waals surface area contributed by atoms with Crippen molar-refractivity contribution < 1.29 is 13.9 Å². The predicted molar refractivity (Wildman–Crippen MR) is 91.0 cm³/mol. The van der Waals surface area contributed by atoms with Gasteiger partial charge in [0.05, 0.1) is 13.7 Å². The fourth-order valence-electron chi connectivity index (χ4n) is 2.25. The fraction of sp³-hybridized carbons (Fsp3) is 0.333. The molecule has 5 heteroatoms. The molecule has 23 heavy (non-hydrogen) atoms. The Hall–Kier alpha value is -1.78. The van der Waals surface area contributed by atoms with E-state index in [9.17, 15) is 4.39 Å². The molecule has 0 saturated heterocycles. The van der Waals surface area contributed by atoms with Crippen LogP contribution in [0.2, 0.25) is 5.02 Å². The maximum Gasteiger partial charge on any atom is 0.162 e. The topological polar surface area (TPSA) is 30.5 Å². The van der Waals surface area contributed by atoms with E-state index in [1.165, 1.54) is 12.1 Å². The summed E-state index contributed by atoms with van der Waals surface area (Å²) in [6, 6.07) is 10.2. The van der Waals surface area contributed by atoms with Crippen molar-refractivity contribution in [1.82, 2.24) is 5.32 Å². The summed E-state index contributed by atoms with van der Waals surface area (Å²) in [5.74, 6) is 1.11. The molecule has 0 bridgehead atoms. The van der Waals surface area contributed by atoms with Crippen molar-refractivity contribution in [2.45, 2.75) is 19.9 Å². The Balaban J connectivity index is 1.91. The van der Waals surface area contributed by atoms with Gasteiger partial charge in [-0.3, -0.25) is 0 Å². The van der Waals surface area contributed by atoms with Crippen molar-refractivity contribution in [3.8, 4) is 11.5 Å². The Morgan fingerprint density at radius 3 is 2.52 bits per heavy atom. The molecule has 0 fully saturated rings. The van der Waals surface area contributed by atoms with Crippen LogP contribution in [-0.2, 0) is 13.0 Å². The van der Waals surface area contributed by atoms with Gasteiger partial charge < -0.3 is 14.8 Å². The third-order valence-corrected chi connectivity index (χ3v) is 3.80. The zero-order valence-corrected chi connectivity index (χ0v) is 14.1. The van der Waals surface area contributed by atoms with Crippen molar-refractivity contribution in [3.05, 3.63) is 58.4 Å². The summed E-state index contributed by atoms with van der Waals surface area (Å²) in [4.78, 5) is 0. The molecule has 1 N–H and O–H groups in total. The predicted octanol–water partition coefficient (Wildman–Crippen LogP) is 4.22. The zero-order valence-electron chi connectivity index (χ0n) is 13.4. The average molecular weight is 338 g/mol. The highest BCUT2D eigenvalue weighted by atomic mass is 35.5. The molecule has 0 radical (unpaired) electrons. The first-order chi connectivity index (χ1) is 11.1. The van der Waals surface area contributed by atoms with E-state index >= 15 is 0 Å². The van der Waals surface area contributed by atoms with Gasteiger partial charge in [0.15, 0.2) is 11.5 Å². The second kappa shape index (κ2) is 8.75. The highest BCUT2D eigenvalue weighted by Crippen LogP contribution is 2.33. The minimum Gasteiger partial charge on any atom is -0.493 e. The van der Waals surface area contributed by atoms with Gasteiger partial charge in [-0.2, -0.15) is 0 Å². The van der Waals surface area contributed by atoms with Gasteiger partial charge in [-0.15, -0.1) is 0 Å². The molecule has 2 aromatic carbocycles. The molecule has 2 rings (SSSR count). The lowest BCUT2D eigenvalue weighted by atomic mass is 10.1. The molecule has 0 aliphatic rings. The molecule has 0 saturated carbocycles. The van der Waals surface area contributed by atoms with Crippen molar-refractivity contribution in [3.63, 3.8) is 0 Å². The van der Waals surface area contributed by atoms with Gasteiger partial charge in [0.1, 0.15) is 5.82 Å². The maximum absolute atomic E-state index is 12.8. The Morgan fingerprint density at radius 2 is 1.87 bits per heavy atom. The minimum absolute atomic E-state index is 0.213. The molecule has 124 valence electrons. The van der Waals surface area contributed by atoms with E-state index < -0.39 is 0 Å². The molecule has 0 spiro atoms. The lowest BCUT2D eigenvalue weighted by Gasteiger charge is -2.13. The number of hydrogen-bond acceptors (Lipinski definition) is 3. The highest BCUT2D eigenvalue weighted by molar-refractivity contribution is 6.31. The van der Waals surface area contributed by atoms with E-state index in [-0.39, 0.29) is 5.82 Å². The third kappa shape index (κ3) is 5.12.